The first-order valence-corrected chi connectivity index (χ1v) is 6.64. The third-order valence-corrected chi connectivity index (χ3v) is 3.60. The van der Waals surface area contributed by atoms with Crippen LogP contribution in [0.25, 0.3) is 0 Å². The van der Waals surface area contributed by atoms with E-state index >= 15 is 0 Å². The summed E-state index contributed by atoms with van der Waals surface area (Å²) in [5, 5.41) is 16.2. The molecule has 5 heteroatoms. The summed E-state index contributed by atoms with van der Waals surface area (Å²) in [6, 6.07) is 0. The Labute approximate surface area is 108 Å². The molecule has 0 aromatic carbocycles. The minimum absolute atomic E-state index is 0.169. The minimum Gasteiger partial charge on any atom is -0.393 e. The fourth-order valence-corrected chi connectivity index (χ4v) is 2.40. The number of nitrogens with one attached hydrogen (secondary N) is 2. The third-order valence-electron chi connectivity index (χ3n) is 3.60. The highest BCUT2D eigenvalue weighted by atomic mass is 16.3. The van der Waals surface area contributed by atoms with Crippen molar-refractivity contribution < 1.29 is 5.11 Å². The number of aromatic nitrogens is 2. The maximum atomic E-state index is 9.93. The average molecular weight is 250 g/mol. The molecule has 1 aliphatic carbocycles. The molecule has 5 nitrogen and oxygen atoms in total. The van der Waals surface area contributed by atoms with E-state index in [1.807, 2.05) is 6.92 Å². The van der Waals surface area contributed by atoms with E-state index in [2.05, 4.69) is 20.6 Å². The summed E-state index contributed by atoms with van der Waals surface area (Å²) in [5.74, 6) is 1.81. The normalized spacial score (nSPS) is 23.7. The van der Waals surface area contributed by atoms with Crippen molar-refractivity contribution in [3.63, 3.8) is 0 Å². The van der Waals surface area contributed by atoms with Gasteiger partial charge >= 0.3 is 0 Å². The van der Waals surface area contributed by atoms with Crippen LogP contribution in [0.1, 0.15) is 31.2 Å². The lowest BCUT2D eigenvalue weighted by Gasteiger charge is -2.28. The molecule has 100 valence electrons. The van der Waals surface area contributed by atoms with Crippen LogP contribution in [0.4, 0.5) is 11.8 Å². The lowest BCUT2D eigenvalue weighted by molar-refractivity contribution is 0.0763. The molecule has 1 fully saturated rings. The van der Waals surface area contributed by atoms with Crippen LogP contribution in [0.3, 0.4) is 0 Å². The van der Waals surface area contributed by atoms with E-state index in [0.717, 1.165) is 37.2 Å². The van der Waals surface area contributed by atoms with Gasteiger partial charge in [0, 0.05) is 31.3 Å². The standard InChI is InChI=1S/C13H22N4O/c1-9-7-16-13(14-2)17-12(9)15-8-10-5-3-4-6-11(10)18/h7,10-11,18H,3-6,8H2,1-2H3,(H2,14,15,16,17). The van der Waals surface area contributed by atoms with E-state index in [-0.39, 0.29) is 6.10 Å². The third kappa shape index (κ3) is 3.10. The van der Waals surface area contributed by atoms with Crippen LogP contribution in [-0.4, -0.2) is 34.8 Å². The van der Waals surface area contributed by atoms with Gasteiger partial charge in [-0.1, -0.05) is 12.8 Å². The zero-order valence-electron chi connectivity index (χ0n) is 11.1. The van der Waals surface area contributed by atoms with Crippen molar-refractivity contribution in [2.45, 2.75) is 38.7 Å². The van der Waals surface area contributed by atoms with Gasteiger partial charge in [0.15, 0.2) is 0 Å². The second-order valence-corrected chi connectivity index (χ2v) is 4.97. The molecule has 2 unspecified atom stereocenters. The van der Waals surface area contributed by atoms with Gasteiger partial charge in [0.1, 0.15) is 5.82 Å². The lowest BCUT2D eigenvalue weighted by Crippen LogP contribution is -2.30. The molecule has 0 bridgehead atoms. The Morgan fingerprint density at radius 2 is 2.17 bits per heavy atom. The lowest BCUT2D eigenvalue weighted by atomic mass is 9.86. The van der Waals surface area contributed by atoms with Gasteiger partial charge in [-0.15, -0.1) is 0 Å². The first kappa shape index (κ1) is 13.1. The molecule has 0 aliphatic heterocycles. The van der Waals surface area contributed by atoms with E-state index < -0.39 is 0 Å². The monoisotopic (exact) mass is 250 g/mol. The smallest absolute Gasteiger partial charge is 0.224 e. The quantitative estimate of drug-likeness (QED) is 0.760. The van der Waals surface area contributed by atoms with Crippen molar-refractivity contribution >= 4 is 11.8 Å². The van der Waals surface area contributed by atoms with Gasteiger partial charge in [0.25, 0.3) is 0 Å². The number of rotatable bonds is 4. The highest BCUT2D eigenvalue weighted by molar-refractivity contribution is 5.46. The molecule has 3 N–H and O–H groups in total. The molecule has 18 heavy (non-hydrogen) atoms. The van der Waals surface area contributed by atoms with Crippen molar-refractivity contribution in [2.75, 3.05) is 24.2 Å². The van der Waals surface area contributed by atoms with Crippen LogP contribution >= 0.6 is 0 Å². The fraction of sp³-hybridized carbons (Fsp3) is 0.692. The van der Waals surface area contributed by atoms with Crippen molar-refractivity contribution in [3.8, 4) is 0 Å². The summed E-state index contributed by atoms with van der Waals surface area (Å²) in [4.78, 5) is 8.54. The average Bonchev–Trinajstić information content (AvgIpc) is 2.39. The second-order valence-electron chi connectivity index (χ2n) is 4.97. The Morgan fingerprint density at radius 1 is 1.39 bits per heavy atom. The van der Waals surface area contributed by atoms with E-state index in [1.165, 1.54) is 6.42 Å². The minimum atomic E-state index is -0.169. The summed E-state index contributed by atoms with van der Waals surface area (Å²) >= 11 is 0. The molecule has 0 saturated heterocycles. The van der Waals surface area contributed by atoms with Crippen LogP contribution in [0.2, 0.25) is 0 Å². The highest BCUT2D eigenvalue weighted by Gasteiger charge is 2.22. The Hall–Kier alpha value is -1.36. The number of hydrogen-bond acceptors (Lipinski definition) is 5. The molecular formula is C13H22N4O. The van der Waals surface area contributed by atoms with Crippen LogP contribution in [0, 0.1) is 12.8 Å². The van der Waals surface area contributed by atoms with Crippen LogP contribution in [-0.2, 0) is 0 Å². The molecule has 1 aromatic rings. The summed E-state index contributed by atoms with van der Waals surface area (Å²) in [7, 11) is 1.80. The van der Waals surface area contributed by atoms with Gasteiger partial charge < -0.3 is 15.7 Å². The van der Waals surface area contributed by atoms with Crippen molar-refractivity contribution in [3.05, 3.63) is 11.8 Å². The Balaban J connectivity index is 1.96. The highest BCUT2D eigenvalue weighted by Crippen LogP contribution is 2.25. The van der Waals surface area contributed by atoms with Crippen molar-refractivity contribution in [2.24, 2.45) is 5.92 Å². The number of aliphatic hydroxyl groups excluding tert-OH is 1. The molecule has 2 atom stereocenters. The molecule has 1 saturated carbocycles. The number of hydrogen-bond donors (Lipinski definition) is 3. The van der Waals surface area contributed by atoms with E-state index in [4.69, 9.17) is 0 Å². The molecule has 2 rings (SSSR count). The van der Waals surface area contributed by atoms with E-state index in [1.54, 1.807) is 13.2 Å². The van der Waals surface area contributed by atoms with Gasteiger partial charge in [-0.2, -0.15) is 4.98 Å². The zero-order valence-corrected chi connectivity index (χ0v) is 11.1. The van der Waals surface area contributed by atoms with Gasteiger partial charge in [-0.3, -0.25) is 0 Å². The van der Waals surface area contributed by atoms with E-state index in [0.29, 0.717) is 11.9 Å². The second kappa shape index (κ2) is 6.00. The van der Waals surface area contributed by atoms with E-state index in [9.17, 15) is 5.11 Å². The van der Waals surface area contributed by atoms with Crippen LogP contribution in [0.5, 0.6) is 0 Å². The Kier molecular flexibility index (Phi) is 4.36. The number of aryl methyl sites for hydroxylation is 1. The van der Waals surface area contributed by atoms with Crippen molar-refractivity contribution in [1.82, 2.24) is 9.97 Å². The largest absolute Gasteiger partial charge is 0.393 e. The molecular weight excluding hydrogens is 228 g/mol. The maximum Gasteiger partial charge on any atom is 0.224 e. The maximum absolute atomic E-state index is 9.93. The predicted molar refractivity (Wildman–Crippen MR) is 72.8 cm³/mol. The van der Waals surface area contributed by atoms with Crippen LogP contribution < -0.4 is 10.6 Å². The summed E-state index contributed by atoms with van der Waals surface area (Å²) < 4.78 is 0. The molecule has 0 spiro atoms. The summed E-state index contributed by atoms with van der Waals surface area (Å²) in [5.41, 5.74) is 1.03. The van der Waals surface area contributed by atoms with Gasteiger partial charge in [-0.05, 0) is 19.8 Å². The fourth-order valence-electron chi connectivity index (χ4n) is 2.40. The predicted octanol–water partition coefficient (Wildman–Crippen LogP) is 1.79. The Bertz CT molecular complexity index is 397. The number of anilines is 2. The molecule has 1 heterocycles. The summed E-state index contributed by atoms with van der Waals surface area (Å²) in [6.45, 7) is 2.77. The molecule has 0 amide bonds. The molecule has 1 aromatic heterocycles. The van der Waals surface area contributed by atoms with Gasteiger partial charge in [-0.25, -0.2) is 4.98 Å². The van der Waals surface area contributed by atoms with Crippen LogP contribution in [0.15, 0.2) is 6.20 Å². The number of nitrogens with zero attached hydrogens (tertiary/aromatic N) is 2. The number of aliphatic hydroxyl groups is 1. The SMILES string of the molecule is CNc1ncc(C)c(NCC2CCCCC2O)n1. The first-order chi connectivity index (χ1) is 8.70. The molecule has 0 radical (unpaired) electrons. The summed E-state index contributed by atoms with van der Waals surface area (Å²) in [6.07, 6.45) is 6.02. The first-order valence-electron chi connectivity index (χ1n) is 6.64. The van der Waals surface area contributed by atoms with Gasteiger partial charge in [0.05, 0.1) is 6.10 Å². The van der Waals surface area contributed by atoms with Gasteiger partial charge in [0.2, 0.25) is 5.95 Å². The zero-order chi connectivity index (χ0) is 13.0. The topological polar surface area (TPSA) is 70.1 Å². The molecule has 1 aliphatic rings. The Morgan fingerprint density at radius 3 is 2.89 bits per heavy atom. The van der Waals surface area contributed by atoms with Crippen molar-refractivity contribution in [1.29, 1.82) is 0 Å².